The van der Waals surface area contributed by atoms with Gasteiger partial charge in [-0.1, -0.05) is 36.5 Å². The van der Waals surface area contributed by atoms with E-state index in [2.05, 4.69) is 5.32 Å². The van der Waals surface area contributed by atoms with Crippen LogP contribution in [-0.2, 0) is 4.79 Å². The van der Waals surface area contributed by atoms with Gasteiger partial charge in [-0.3, -0.25) is 4.79 Å². The number of aliphatic hydroxyl groups excluding tert-OH is 2. The van der Waals surface area contributed by atoms with Gasteiger partial charge in [0.15, 0.2) is 6.10 Å². The van der Waals surface area contributed by atoms with Crippen molar-refractivity contribution in [3.05, 3.63) is 33.8 Å². The molecule has 1 aliphatic carbocycles. The average Bonchev–Trinajstić information content (AvgIpc) is 2.79. The van der Waals surface area contributed by atoms with Gasteiger partial charge in [0, 0.05) is 21.5 Å². The van der Waals surface area contributed by atoms with E-state index in [-0.39, 0.29) is 18.1 Å². The van der Waals surface area contributed by atoms with Gasteiger partial charge >= 0.3 is 0 Å². The summed E-state index contributed by atoms with van der Waals surface area (Å²) in [7, 11) is 0. The van der Waals surface area contributed by atoms with Gasteiger partial charge in [-0.2, -0.15) is 0 Å². The normalized spacial score (nSPS) is 26.6. The minimum Gasteiger partial charge on any atom is -0.396 e. The molecule has 1 amide bonds. The zero-order chi connectivity index (χ0) is 15.6. The lowest BCUT2D eigenvalue weighted by molar-refractivity contribution is -0.131. The molecule has 0 saturated heterocycles. The molecule has 0 aliphatic heterocycles. The second-order valence-corrected chi connectivity index (χ2v) is 6.74. The number of hydrogen-bond donors (Lipinski definition) is 3. The molecule has 1 saturated carbocycles. The molecule has 0 heterocycles. The van der Waals surface area contributed by atoms with Crippen LogP contribution in [-0.4, -0.2) is 28.8 Å². The average molecular weight is 332 g/mol. The van der Waals surface area contributed by atoms with E-state index in [1.807, 2.05) is 6.92 Å². The predicted molar refractivity (Wildman–Crippen MR) is 82.4 cm³/mol. The molecular formula is C15H19Cl2NO3. The molecule has 116 valence electrons. The summed E-state index contributed by atoms with van der Waals surface area (Å²) in [5, 5.41) is 23.2. The summed E-state index contributed by atoms with van der Waals surface area (Å²) in [6.07, 6.45) is 1.27. The number of aliphatic hydroxyl groups is 2. The number of hydrogen-bond acceptors (Lipinski definition) is 3. The smallest absolute Gasteiger partial charge is 0.253 e. The fraction of sp³-hybridized carbons (Fsp3) is 0.533. The van der Waals surface area contributed by atoms with Crippen molar-refractivity contribution >= 4 is 29.1 Å². The van der Waals surface area contributed by atoms with Crippen LogP contribution in [0.15, 0.2) is 18.2 Å². The van der Waals surface area contributed by atoms with Crippen LogP contribution in [0.2, 0.25) is 10.0 Å². The topological polar surface area (TPSA) is 69.6 Å². The molecule has 0 aromatic heterocycles. The van der Waals surface area contributed by atoms with E-state index in [1.165, 1.54) is 18.2 Å². The molecule has 0 radical (unpaired) electrons. The van der Waals surface area contributed by atoms with E-state index in [0.29, 0.717) is 15.6 Å². The molecule has 1 fully saturated rings. The summed E-state index contributed by atoms with van der Waals surface area (Å²) in [6, 6.07) is 4.42. The molecule has 1 aromatic rings. The minimum absolute atomic E-state index is 0.0109. The third-order valence-corrected chi connectivity index (χ3v) is 4.65. The second-order valence-electron chi connectivity index (χ2n) is 5.87. The van der Waals surface area contributed by atoms with E-state index in [9.17, 15) is 15.0 Å². The van der Waals surface area contributed by atoms with Crippen LogP contribution in [0.1, 0.15) is 37.9 Å². The lowest BCUT2D eigenvalue weighted by Crippen LogP contribution is -2.46. The Bertz CT molecular complexity index is 517. The first kappa shape index (κ1) is 16.6. The van der Waals surface area contributed by atoms with Crippen LogP contribution in [0.5, 0.6) is 0 Å². The van der Waals surface area contributed by atoms with Crippen LogP contribution in [0.4, 0.5) is 0 Å². The summed E-state index contributed by atoms with van der Waals surface area (Å²) in [5.41, 5.74) is 0.0233. The molecule has 1 aromatic carbocycles. The molecular weight excluding hydrogens is 313 g/mol. The molecule has 0 spiro atoms. The van der Waals surface area contributed by atoms with Gasteiger partial charge in [-0.25, -0.2) is 0 Å². The van der Waals surface area contributed by atoms with Crippen molar-refractivity contribution in [2.45, 2.75) is 38.3 Å². The largest absolute Gasteiger partial charge is 0.396 e. The molecule has 0 bridgehead atoms. The van der Waals surface area contributed by atoms with Crippen molar-refractivity contribution in [3.8, 4) is 0 Å². The third-order valence-electron chi connectivity index (χ3n) is 4.21. The van der Waals surface area contributed by atoms with Crippen molar-refractivity contribution < 1.29 is 15.0 Å². The van der Waals surface area contributed by atoms with Gasteiger partial charge in [0.25, 0.3) is 5.91 Å². The van der Waals surface area contributed by atoms with E-state index < -0.39 is 12.0 Å². The Morgan fingerprint density at radius 2 is 2.05 bits per heavy atom. The van der Waals surface area contributed by atoms with Crippen molar-refractivity contribution in [2.24, 2.45) is 5.41 Å². The highest BCUT2D eigenvalue weighted by Crippen LogP contribution is 2.37. The van der Waals surface area contributed by atoms with Crippen LogP contribution < -0.4 is 5.32 Å². The number of carbonyl (C=O) groups excluding carboxylic acids is 1. The van der Waals surface area contributed by atoms with Gasteiger partial charge in [0.2, 0.25) is 0 Å². The molecule has 6 heteroatoms. The van der Waals surface area contributed by atoms with E-state index in [1.54, 1.807) is 0 Å². The SMILES string of the molecule is CC1(CO)CCCC1NC(=O)C(O)c1cc(Cl)cc(Cl)c1. The number of halogens is 2. The number of carbonyl (C=O) groups is 1. The van der Waals surface area contributed by atoms with E-state index in [0.717, 1.165) is 19.3 Å². The van der Waals surface area contributed by atoms with Crippen LogP contribution in [0.3, 0.4) is 0 Å². The molecule has 3 N–H and O–H groups in total. The highest BCUT2D eigenvalue weighted by atomic mass is 35.5. The first-order chi connectivity index (χ1) is 9.85. The van der Waals surface area contributed by atoms with Crippen molar-refractivity contribution in [1.29, 1.82) is 0 Å². The molecule has 2 rings (SSSR count). The number of amides is 1. The van der Waals surface area contributed by atoms with Crippen molar-refractivity contribution in [1.82, 2.24) is 5.32 Å². The summed E-state index contributed by atoms with van der Waals surface area (Å²) < 4.78 is 0. The molecule has 21 heavy (non-hydrogen) atoms. The van der Waals surface area contributed by atoms with Crippen LogP contribution in [0, 0.1) is 5.41 Å². The van der Waals surface area contributed by atoms with Crippen LogP contribution in [0.25, 0.3) is 0 Å². The standard InChI is InChI=1S/C15H19Cl2NO3/c1-15(8-19)4-2-3-12(15)18-14(21)13(20)9-5-10(16)7-11(17)6-9/h5-7,12-13,19-20H,2-4,8H2,1H3,(H,18,21). The maximum atomic E-state index is 12.2. The first-order valence-corrected chi connectivity index (χ1v) is 7.66. The molecule has 1 aliphatic rings. The lowest BCUT2D eigenvalue weighted by atomic mass is 9.85. The maximum Gasteiger partial charge on any atom is 0.253 e. The summed E-state index contributed by atoms with van der Waals surface area (Å²) in [5.74, 6) is -0.500. The Labute approximate surface area is 134 Å². The Balaban J connectivity index is 2.09. The Hall–Kier alpha value is -0.810. The zero-order valence-corrected chi connectivity index (χ0v) is 13.3. The second kappa shape index (κ2) is 6.53. The maximum absolute atomic E-state index is 12.2. The highest BCUT2D eigenvalue weighted by Gasteiger charge is 2.39. The summed E-state index contributed by atoms with van der Waals surface area (Å²) >= 11 is 11.8. The Morgan fingerprint density at radius 3 is 2.62 bits per heavy atom. The lowest BCUT2D eigenvalue weighted by Gasteiger charge is -2.30. The van der Waals surface area contributed by atoms with Gasteiger partial charge < -0.3 is 15.5 Å². The van der Waals surface area contributed by atoms with Gasteiger partial charge in [-0.15, -0.1) is 0 Å². The first-order valence-electron chi connectivity index (χ1n) is 6.91. The van der Waals surface area contributed by atoms with Crippen molar-refractivity contribution in [3.63, 3.8) is 0 Å². The summed E-state index contributed by atoms with van der Waals surface area (Å²) in [6.45, 7) is 1.95. The molecule has 3 unspecified atom stereocenters. The van der Waals surface area contributed by atoms with Crippen LogP contribution >= 0.6 is 23.2 Å². The third kappa shape index (κ3) is 3.69. The quantitative estimate of drug-likeness (QED) is 0.794. The zero-order valence-electron chi connectivity index (χ0n) is 11.8. The Morgan fingerprint density at radius 1 is 1.43 bits per heavy atom. The number of nitrogens with one attached hydrogen (secondary N) is 1. The van der Waals surface area contributed by atoms with Gasteiger partial charge in [0.05, 0.1) is 6.61 Å². The predicted octanol–water partition coefficient (Wildman–Crippen LogP) is 2.69. The van der Waals surface area contributed by atoms with E-state index in [4.69, 9.17) is 23.2 Å². The van der Waals surface area contributed by atoms with E-state index >= 15 is 0 Å². The Kier molecular flexibility index (Phi) is 5.15. The van der Waals surface area contributed by atoms with Gasteiger partial charge in [-0.05, 0) is 36.6 Å². The highest BCUT2D eigenvalue weighted by molar-refractivity contribution is 6.34. The number of rotatable bonds is 4. The minimum atomic E-state index is -1.33. The fourth-order valence-corrected chi connectivity index (χ4v) is 3.35. The summed E-state index contributed by atoms with van der Waals surface area (Å²) in [4.78, 5) is 12.2. The molecule has 3 atom stereocenters. The number of benzene rings is 1. The monoisotopic (exact) mass is 331 g/mol. The van der Waals surface area contributed by atoms with Crippen molar-refractivity contribution in [2.75, 3.05) is 6.61 Å². The fourth-order valence-electron chi connectivity index (χ4n) is 2.80. The molecule has 4 nitrogen and oxygen atoms in total. The van der Waals surface area contributed by atoms with Gasteiger partial charge in [0.1, 0.15) is 0 Å².